The molecular weight excluding hydrogens is 370 g/mol. The number of piperazine rings is 1. The lowest BCUT2D eigenvalue weighted by molar-refractivity contribution is 0.0876. The topological polar surface area (TPSA) is 71.1 Å². The van der Waals surface area contributed by atoms with Gasteiger partial charge in [0.2, 0.25) is 0 Å². The van der Waals surface area contributed by atoms with E-state index in [0.29, 0.717) is 17.8 Å². The zero-order valence-corrected chi connectivity index (χ0v) is 16.9. The average Bonchev–Trinajstić information content (AvgIpc) is 2.74. The van der Waals surface area contributed by atoms with E-state index in [1.165, 1.54) is 0 Å². The Labute approximate surface area is 171 Å². The summed E-state index contributed by atoms with van der Waals surface area (Å²) < 4.78 is 10.4. The van der Waals surface area contributed by atoms with Gasteiger partial charge in [-0.15, -0.1) is 0 Å². The zero-order valence-electron chi connectivity index (χ0n) is 16.9. The van der Waals surface area contributed by atoms with Gasteiger partial charge in [0.1, 0.15) is 12.4 Å². The fraction of sp³-hybridized carbons (Fsp3) is 0.364. The molecule has 7 nitrogen and oxygen atoms in total. The Morgan fingerprint density at radius 3 is 2.45 bits per heavy atom. The number of carbonyl (C=O) groups excluding carboxylic acids is 2. The average molecular weight is 397 g/mol. The van der Waals surface area contributed by atoms with Crippen molar-refractivity contribution in [2.24, 2.45) is 0 Å². The molecule has 0 spiro atoms. The third-order valence-electron chi connectivity index (χ3n) is 4.92. The maximum atomic E-state index is 12.6. The van der Waals surface area contributed by atoms with Crippen molar-refractivity contribution in [2.75, 3.05) is 52.2 Å². The second kappa shape index (κ2) is 10.0. The molecule has 0 bridgehead atoms. The van der Waals surface area contributed by atoms with Crippen molar-refractivity contribution in [2.45, 2.75) is 6.61 Å². The molecule has 7 heteroatoms. The monoisotopic (exact) mass is 397 g/mol. The Kier molecular flexibility index (Phi) is 7.21. The number of nitrogens with one attached hydrogen (secondary N) is 1. The lowest BCUT2D eigenvalue weighted by atomic mass is 10.1. The van der Waals surface area contributed by atoms with E-state index in [2.05, 4.69) is 22.2 Å². The van der Waals surface area contributed by atoms with E-state index in [9.17, 15) is 9.59 Å². The highest BCUT2D eigenvalue weighted by Crippen LogP contribution is 2.15. The predicted molar refractivity (Wildman–Crippen MR) is 112 cm³/mol. The smallest absolute Gasteiger partial charge is 0.411 e. The van der Waals surface area contributed by atoms with E-state index in [1.54, 1.807) is 31.4 Å². The molecule has 154 valence electrons. The molecule has 0 atom stereocenters. The second-order valence-electron chi connectivity index (χ2n) is 7.13. The van der Waals surface area contributed by atoms with Crippen LogP contribution in [-0.2, 0) is 11.3 Å². The number of amides is 1. The molecule has 1 saturated heterocycles. The van der Waals surface area contributed by atoms with E-state index in [4.69, 9.17) is 9.47 Å². The number of anilines is 1. The number of likely N-dealkylation sites (N-methyl/N-ethyl adjacent to an activating group) is 1. The summed E-state index contributed by atoms with van der Waals surface area (Å²) in [6, 6.07) is 14.3. The number of ether oxygens (including phenoxy) is 2. The first kappa shape index (κ1) is 20.8. The van der Waals surface area contributed by atoms with Crippen LogP contribution in [0.2, 0.25) is 0 Å². The first-order valence-electron chi connectivity index (χ1n) is 9.64. The van der Waals surface area contributed by atoms with E-state index in [-0.39, 0.29) is 12.4 Å². The maximum absolute atomic E-state index is 12.6. The fourth-order valence-electron chi connectivity index (χ4n) is 3.10. The van der Waals surface area contributed by atoms with Crippen LogP contribution >= 0.6 is 0 Å². The number of rotatable bonds is 7. The summed E-state index contributed by atoms with van der Waals surface area (Å²) in [7, 11) is 3.69. The van der Waals surface area contributed by atoms with Crippen LogP contribution in [0.3, 0.4) is 0 Å². The number of carbonyl (C=O) groups is 2. The Morgan fingerprint density at radius 2 is 1.76 bits per heavy atom. The summed E-state index contributed by atoms with van der Waals surface area (Å²) >= 11 is 0. The SMILES string of the molecule is COc1ccc(COC(=O)Nc2cccc(C(=O)CN3CCN(C)CC3)c2)cc1. The summed E-state index contributed by atoms with van der Waals surface area (Å²) in [6.45, 7) is 4.25. The molecule has 0 aromatic heterocycles. The van der Waals surface area contributed by atoms with Gasteiger partial charge in [-0.2, -0.15) is 0 Å². The third-order valence-corrected chi connectivity index (χ3v) is 4.92. The normalized spacial score (nSPS) is 15.0. The molecule has 2 aromatic rings. The summed E-state index contributed by atoms with van der Waals surface area (Å²) in [6.07, 6.45) is -0.565. The van der Waals surface area contributed by atoms with Crippen molar-refractivity contribution in [1.29, 1.82) is 0 Å². The number of nitrogens with zero attached hydrogens (tertiary/aromatic N) is 2. The van der Waals surface area contributed by atoms with Crippen molar-refractivity contribution >= 4 is 17.6 Å². The molecule has 1 aliphatic rings. The molecule has 1 aliphatic heterocycles. The minimum absolute atomic E-state index is 0.0461. The highest BCUT2D eigenvalue weighted by molar-refractivity contribution is 5.99. The summed E-state index contributed by atoms with van der Waals surface area (Å²) in [5.41, 5.74) is 1.97. The molecule has 1 amide bonds. The van der Waals surface area contributed by atoms with Crippen molar-refractivity contribution in [3.05, 3.63) is 59.7 Å². The minimum atomic E-state index is -0.565. The largest absolute Gasteiger partial charge is 0.497 e. The molecule has 0 aliphatic carbocycles. The van der Waals surface area contributed by atoms with Crippen LogP contribution in [0.15, 0.2) is 48.5 Å². The number of hydrogen-bond donors (Lipinski definition) is 1. The van der Waals surface area contributed by atoms with Gasteiger partial charge in [0.25, 0.3) is 0 Å². The van der Waals surface area contributed by atoms with Crippen molar-refractivity contribution in [3.8, 4) is 5.75 Å². The fourth-order valence-corrected chi connectivity index (χ4v) is 3.10. The summed E-state index contributed by atoms with van der Waals surface area (Å²) in [5.74, 6) is 0.793. The van der Waals surface area contributed by atoms with E-state index in [1.807, 2.05) is 24.3 Å². The zero-order chi connectivity index (χ0) is 20.6. The van der Waals surface area contributed by atoms with Gasteiger partial charge in [0, 0.05) is 37.4 Å². The van der Waals surface area contributed by atoms with E-state index < -0.39 is 6.09 Å². The van der Waals surface area contributed by atoms with Gasteiger partial charge < -0.3 is 14.4 Å². The Bertz CT molecular complexity index is 830. The van der Waals surface area contributed by atoms with Crippen molar-refractivity contribution < 1.29 is 19.1 Å². The quantitative estimate of drug-likeness (QED) is 0.725. The third kappa shape index (κ3) is 6.30. The Balaban J connectivity index is 1.50. The van der Waals surface area contributed by atoms with Gasteiger partial charge in [-0.3, -0.25) is 15.0 Å². The Morgan fingerprint density at radius 1 is 1.03 bits per heavy atom. The minimum Gasteiger partial charge on any atom is -0.497 e. The van der Waals surface area contributed by atoms with Gasteiger partial charge >= 0.3 is 6.09 Å². The first-order chi connectivity index (χ1) is 14.0. The van der Waals surface area contributed by atoms with Crippen LogP contribution in [0.4, 0.5) is 10.5 Å². The van der Waals surface area contributed by atoms with Crippen LogP contribution in [0.5, 0.6) is 5.75 Å². The molecule has 0 unspecified atom stereocenters. The lowest BCUT2D eigenvalue weighted by Gasteiger charge is -2.31. The predicted octanol–water partition coefficient (Wildman–Crippen LogP) is 2.87. The highest BCUT2D eigenvalue weighted by atomic mass is 16.5. The summed E-state index contributed by atoms with van der Waals surface area (Å²) in [5, 5.41) is 2.68. The first-order valence-corrected chi connectivity index (χ1v) is 9.64. The Hall–Kier alpha value is -2.90. The van der Waals surface area contributed by atoms with Gasteiger partial charge in [-0.1, -0.05) is 24.3 Å². The molecular formula is C22H27N3O4. The molecule has 0 saturated carbocycles. The van der Waals surface area contributed by atoms with Crippen molar-refractivity contribution in [3.63, 3.8) is 0 Å². The van der Waals surface area contributed by atoms with Crippen LogP contribution in [0.25, 0.3) is 0 Å². The molecule has 3 rings (SSSR count). The maximum Gasteiger partial charge on any atom is 0.411 e. The molecule has 1 heterocycles. The van der Waals surface area contributed by atoms with E-state index >= 15 is 0 Å². The number of methoxy groups -OCH3 is 1. The second-order valence-corrected chi connectivity index (χ2v) is 7.13. The van der Waals surface area contributed by atoms with Crippen molar-refractivity contribution in [1.82, 2.24) is 9.80 Å². The van der Waals surface area contributed by atoms with E-state index in [0.717, 1.165) is 37.5 Å². The molecule has 1 N–H and O–H groups in total. The van der Waals surface area contributed by atoms with Crippen LogP contribution < -0.4 is 10.1 Å². The number of benzene rings is 2. The van der Waals surface area contributed by atoms with Gasteiger partial charge in [0.15, 0.2) is 5.78 Å². The molecule has 0 radical (unpaired) electrons. The molecule has 29 heavy (non-hydrogen) atoms. The van der Waals surface area contributed by atoms with Gasteiger partial charge in [-0.05, 0) is 36.9 Å². The highest BCUT2D eigenvalue weighted by Gasteiger charge is 2.17. The summed E-state index contributed by atoms with van der Waals surface area (Å²) in [4.78, 5) is 29.1. The van der Waals surface area contributed by atoms with Crippen LogP contribution in [0, 0.1) is 0 Å². The lowest BCUT2D eigenvalue weighted by Crippen LogP contribution is -2.46. The van der Waals surface area contributed by atoms with Gasteiger partial charge in [-0.25, -0.2) is 4.79 Å². The number of hydrogen-bond acceptors (Lipinski definition) is 6. The number of Topliss-reactive ketones (excluding diaryl/α,β-unsaturated/α-hetero) is 1. The molecule has 2 aromatic carbocycles. The number of ketones is 1. The van der Waals surface area contributed by atoms with Crippen LogP contribution in [0.1, 0.15) is 15.9 Å². The standard InChI is InChI=1S/C22H27N3O4/c1-24-10-12-25(13-11-24)15-21(26)18-4-3-5-19(14-18)23-22(27)29-16-17-6-8-20(28-2)9-7-17/h3-9,14H,10-13,15-16H2,1-2H3,(H,23,27). The van der Waals surface area contributed by atoms with Gasteiger partial charge in [0.05, 0.1) is 13.7 Å². The van der Waals surface area contributed by atoms with Crippen LogP contribution in [-0.4, -0.2) is 68.6 Å². The molecule has 1 fully saturated rings.